The summed E-state index contributed by atoms with van der Waals surface area (Å²) in [4.78, 5) is 3.41. The molecule has 1 heterocycles. The maximum atomic E-state index is 12.6. The molecule has 4 nitrogen and oxygen atoms in total. The molecule has 0 fully saturated rings. The summed E-state index contributed by atoms with van der Waals surface area (Å²) in [6.45, 7) is -3.04. The highest BCUT2D eigenvalue weighted by Gasteiger charge is 2.33. The fourth-order valence-corrected chi connectivity index (χ4v) is 1.65. The maximum Gasteiger partial charge on any atom is 0.433 e. The second-order valence-corrected chi connectivity index (χ2v) is 3.75. The van der Waals surface area contributed by atoms with Gasteiger partial charge in [-0.3, -0.25) is 5.84 Å². The molecule has 9 heteroatoms. The number of nitrogens with two attached hydrogens (primary N) is 1. The third-order valence-electron chi connectivity index (χ3n) is 2.45. The Kier molecular flexibility index (Phi) is 3.62. The SMILES string of the molecule is NNc1cc(C(F)(F)F)nc2ccc(OC(F)F)cc12. The summed E-state index contributed by atoms with van der Waals surface area (Å²) in [6, 6.07) is 4.06. The third-order valence-corrected chi connectivity index (χ3v) is 2.45. The molecule has 1 aromatic heterocycles. The van der Waals surface area contributed by atoms with E-state index in [9.17, 15) is 22.0 Å². The van der Waals surface area contributed by atoms with Crippen molar-refractivity contribution in [3.05, 3.63) is 30.0 Å². The van der Waals surface area contributed by atoms with Crippen molar-refractivity contribution in [2.45, 2.75) is 12.8 Å². The highest BCUT2D eigenvalue weighted by Crippen LogP contribution is 2.34. The van der Waals surface area contributed by atoms with Crippen LogP contribution in [-0.4, -0.2) is 11.6 Å². The van der Waals surface area contributed by atoms with Crippen LogP contribution in [0.5, 0.6) is 5.75 Å². The zero-order valence-corrected chi connectivity index (χ0v) is 9.71. The van der Waals surface area contributed by atoms with Gasteiger partial charge < -0.3 is 10.2 Å². The molecular weight excluding hydrogens is 285 g/mol. The Morgan fingerprint density at radius 2 is 1.90 bits per heavy atom. The summed E-state index contributed by atoms with van der Waals surface area (Å²) < 4.78 is 66.2. The molecule has 108 valence electrons. The Morgan fingerprint density at radius 1 is 1.20 bits per heavy atom. The number of aromatic nitrogens is 1. The van der Waals surface area contributed by atoms with E-state index in [1.807, 2.05) is 0 Å². The summed E-state index contributed by atoms with van der Waals surface area (Å²) in [6.07, 6.45) is -4.64. The van der Waals surface area contributed by atoms with Gasteiger partial charge in [-0.2, -0.15) is 22.0 Å². The second kappa shape index (κ2) is 5.08. The molecule has 20 heavy (non-hydrogen) atoms. The van der Waals surface area contributed by atoms with Gasteiger partial charge in [0.05, 0.1) is 11.2 Å². The van der Waals surface area contributed by atoms with Crippen LogP contribution >= 0.6 is 0 Å². The van der Waals surface area contributed by atoms with E-state index in [1.165, 1.54) is 0 Å². The molecule has 0 radical (unpaired) electrons. The van der Waals surface area contributed by atoms with E-state index in [0.29, 0.717) is 6.07 Å². The number of rotatable bonds is 3. The smallest absolute Gasteiger partial charge is 0.433 e. The number of anilines is 1. The summed E-state index contributed by atoms with van der Waals surface area (Å²) in [5, 5.41) is 0.138. The monoisotopic (exact) mass is 293 g/mol. The number of halogens is 5. The lowest BCUT2D eigenvalue weighted by atomic mass is 10.1. The van der Waals surface area contributed by atoms with Crippen LogP contribution in [-0.2, 0) is 6.18 Å². The van der Waals surface area contributed by atoms with Gasteiger partial charge in [0.15, 0.2) is 0 Å². The fraction of sp³-hybridized carbons (Fsp3) is 0.182. The average Bonchev–Trinajstić information content (AvgIpc) is 2.35. The maximum absolute atomic E-state index is 12.6. The van der Waals surface area contributed by atoms with Gasteiger partial charge in [-0.15, -0.1) is 0 Å². The summed E-state index contributed by atoms with van der Waals surface area (Å²) in [5.41, 5.74) is 0.799. The van der Waals surface area contributed by atoms with Gasteiger partial charge >= 0.3 is 12.8 Å². The first-order valence-electron chi connectivity index (χ1n) is 5.24. The first kappa shape index (κ1) is 14.3. The van der Waals surface area contributed by atoms with Crippen LogP contribution in [0.15, 0.2) is 24.3 Å². The van der Waals surface area contributed by atoms with Crippen molar-refractivity contribution in [2.75, 3.05) is 5.43 Å². The van der Waals surface area contributed by atoms with Gasteiger partial charge in [-0.05, 0) is 24.3 Å². The first-order chi connectivity index (χ1) is 9.31. The van der Waals surface area contributed by atoms with E-state index in [1.54, 1.807) is 0 Å². The lowest BCUT2D eigenvalue weighted by Gasteiger charge is -2.12. The van der Waals surface area contributed by atoms with Gasteiger partial charge in [0.1, 0.15) is 11.4 Å². The lowest BCUT2D eigenvalue weighted by molar-refractivity contribution is -0.140. The first-order valence-corrected chi connectivity index (χ1v) is 5.24. The van der Waals surface area contributed by atoms with Crippen molar-refractivity contribution >= 4 is 16.6 Å². The molecule has 0 aliphatic carbocycles. The molecule has 3 N–H and O–H groups in total. The number of hydrogen-bond donors (Lipinski definition) is 2. The van der Waals surface area contributed by atoms with Crippen molar-refractivity contribution in [1.29, 1.82) is 0 Å². The molecule has 0 aliphatic heterocycles. The Balaban J connectivity index is 2.59. The van der Waals surface area contributed by atoms with E-state index in [-0.39, 0.29) is 22.3 Å². The normalized spacial score (nSPS) is 11.9. The number of ether oxygens (including phenoxy) is 1. The number of alkyl halides is 5. The molecule has 0 saturated heterocycles. The van der Waals surface area contributed by atoms with Crippen molar-refractivity contribution < 1.29 is 26.7 Å². The van der Waals surface area contributed by atoms with Crippen LogP contribution in [0.4, 0.5) is 27.6 Å². The van der Waals surface area contributed by atoms with E-state index in [4.69, 9.17) is 5.84 Å². The van der Waals surface area contributed by atoms with Crippen LogP contribution in [0, 0.1) is 0 Å². The van der Waals surface area contributed by atoms with Gasteiger partial charge in [-0.1, -0.05) is 0 Å². The van der Waals surface area contributed by atoms with Crippen LogP contribution in [0.3, 0.4) is 0 Å². The van der Waals surface area contributed by atoms with E-state index >= 15 is 0 Å². The Hall–Kier alpha value is -2.16. The van der Waals surface area contributed by atoms with Crippen molar-refractivity contribution in [3.8, 4) is 5.75 Å². The van der Waals surface area contributed by atoms with Crippen molar-refractivity contribution in [1.82, 2.24) is 4.98 Å². The fourth-order valence-electron chi connectivity index (χ4n) is 1.65. The molecule has 0 spiro atoms. The Labute approximate surface area is 109 Å². The third kappa shape index (κ3) is 2.87. The van der Waals surface area contributed by atoms with Crippen LogP contribution < -0.4 is 16.0 Å². The lowest BCUT2D eigenvalue weighted by Crippen LogP contribution is -2.13. The highest BCUT2D eigenvalue weighted by molar-refractivity contribution is 5.92. The van der Waals surface area contributed by atoms with E-state index in [2.05, 4.69) is 15.1 Å². The van der Waals surface area contributed by atoms with E-state index < -0.39 is 18.5 Å². The predicted molar refractivity (Wildman–Crippen MR) is 61.2 cm³/mol. The van der Waals surface area contributed by atoms with E-state index in [0.717, 1.165) is 18.2 Å². The molecule has 0 aliphatic rings. The summed E-state index contributed by atoms with van der Waals surface area (Å²) in [5.74, 6) is 4.94. The minimum atomic E-state index is -4.64. The zero-order chi connectivity index (χ0) is 14.9. The number of nitrogens with one attached hydrogen (secondary N) is 1. The molecule has 0 unspecified atom stereocenters. The zero-order valence-electron chi connectivity index (χ0n) is 9.71. The van der Waals surface area contributed by atoms with Crippen LogP contribution in [0.25, 0.3) is 10.9 Å². The average molecular weight is 293 g/mol. The molecular formula is C11H8F5N3O. The van der Waals surface area contributed by atoms with Crippen molar-refractivity contribution in [3.63, 3.8) is 0 Å². The molecule has 0 saturated carbocycles. The highest BCUT2D eigenvalue weighted by atomic mass is 19.4. The standard InChI is InChI=1S/C11H8F5N3O/c12-10(13)20-5-1-2-7-6(3-5)8(19-17)4-9(18-7)11(14,15)16/h1-4,10H,17H2,(H,18,19). The number of benzene rings is 1. The Morgan fingerprint density at radius 3 is 2.45 bits per heavy atom. The molecule has 2 aromatic rings. The quantitative estimate of drug-likeness (QED) is 0.518. The van der Waals surface area contributed by atoms with Crippen LogP contribution in [0.1, 0.15) is 5.69 Å². The van der Waals surface area contributed by atoms with Gasteiger partial charge in [-0.25, -0.2) is 4.98 Å². The Bertz CT molecular complexity index is 629. The molecule has 2 rings (SSSR count). The number of nitrogens with zero attached hydrogens (tertiary/aromatic N) is 1. The minimum absolute atomic E-state index is 0.0469. The molecule has 1 aromatic carbocycles. The van der Waals surface area contributed by atoms with Crippen LogP contribution in [0.2, 0.25) is 0 Å². The minimum Gasteiger partial charge on any atom is -0.435 e. The summed E-state index contributed by atoms with van der Waals surface area (Å²) in [7, 11) is 0. The number of fused-ring (bicyclic) bond motifs is 1. The number of hydrogen-bond acceptors (Lipinski definition) is 4. The second-order valence-electron chi connectivity index (χ2n) is 3.75. The largest absolute Gasteiger partial charge is 0.435 e. The summed E-state index contributed by atoms with van der Waals surface area (Å²) >= 11 is 0. The van der Waals surface area contributed by atoms with Gasteiger partial charge in [0.2, 0.25) is 0 Å². The number of pyridine rings is 1. The van der Waals surface area contributed by atoms with Gasteiger partial charge in [0, 0.05) is 5.39 Å². The topological polar surface area (TPSA) is 60.2 Å². The molecule has 0 amide bonds. The number of hydrazine groups is 1. The number of nitrogen functional groups attached to an aromatic ring is 1. The predicted octanol–water partition coefficient (Wildman–Crippen LogP) is 3.14. The molecule has 0 atom stereocenters. The molecule has 0 bridgehead atoms. The van der Waals surface area contributed by atoms with Crippen molar-refractivity contribution in [2.24, 2.45) is 5.84 Å². The van der Waals surface area contributed by atoms with Gasteiger partial charge in [0.25, 0.3) is 0 Å².